The van der Waals surface area contributed by atoms with Gasteiger partial charge in [-0.05, 0) is 79.1 Å². The zero-order valence-corrected chi connectivity index (χ0v) is 31.4. The van der Waals surface area contributed by atoms with Crippen LogP contribution in [0.1, 0.15) is 43.2 Å². The van der Waals surface area contributed by atoms with E-state index in [0.717, 1.165) is 42.0 Å². The quantitative estimate of drug-likeness (QED) is 0.122. The van der Waals surface area contributed by atoms with Gasteiger partial charge in [0.25, 0.3) is 10.0 Å². The second kappa shape index (κ2) is 17.8. The van der Waals surface area contributed by atoms with E-state index in [1.807, 2.05) is 60.7 Å². The largest absolute Gasteiger partial charge is 0.457 e. The molecule has 11 heteroatoms. The third-order valence-corrected chi connectivity index (χ3v) is 11.8. The van der Waals surface area contributed by atoms with Gasteiger partial charge in [-0.25, -0.2) is 8.42 Å². The van der Waals surface area contributed by atoms with Crippen LogP contribution in [-0.2, 0) is 32.6 Å². The molecule has 0 bridgehead atoms. The van der Waals surface area contributed by atoms with Gasteiger partial charge in [0.1, 0.15) is 24.1 Å². The van der Waals surface area contributed by atoms with Crippen LogP contribution in [0.4, 0.5) is 5.69 Å². The average molecular weight is 771 g/mol. The van der Waals surface area contributed by atoms with Crippen LogP contribution in [0.3, 0.4) is 0 Å². The minimum atomic E-state index is -4.28. The molecule has 6 rings (SSSR count). The van der Waals surface area contributed by atoms with Crippen molar-refractivity contribution in [2.24, 2.45) is 0 Å². The number of ether oxygens (including phenoxy) is 1. The molecule has 1 N–H and O–H groups in total. The van der Waals surface area contributed by atoms with Crippen molar-refractivity contribution >= 4 is 50.7 Å². The average Bonchev–Trinajstić information content (AvgIpc) is 3.18. The predicted molar refractivity (Wildman–Crippen MR) is 210 cm³/mol. The molecule has 1 aliphatic carbocycles. The van der Waals surface area contributed by atoms with Gasteiger partial charge in [0.05, 0.1) is 10.6 Å². The number of hydrogen-bond acceptors (Lipinski definition) is 5. The molecule has 274 valence electrons. The number of sulfonamides is 1. The number of halogens is 2. The molecule has 1 atom stereocenters. The number of para-hydroxylation sites is 1. The fourth-order valence-corrected chi connectivity index (χ4v) is 8.46. The first-order chi connectivity index (χ1) is 25.7. The van der Waals surface area contributed by atoms with Crippen LogP contribution in [0.25, 0.3) is 0 Å². The van der Waals surface area contributed by atoms with Crippen LogP contribution >= 0.6 is 23.2 Å². The van der Waals surface area contributed by atoms with Gasteiger partial charge in [0.15, 0.2) is 0 Å². The van der Waals surface area contributed by atoms with Gasteiger partial charge in [-0.3, -0.25) is 13.9 Å². The van der Waals surface area contributed by atoms with Crippen molar-refractivity contribution in [2.75, 3.05) is 10.8 Å². The molecule has 0 saturated heterocycles. The molecule has 2 amide bonds. The minimum Gasteiger partial charge on any atom is -0.457 e. The van der Waals surface area contributed by atoms with Crippen LogP contribution in [0.5, 0.6) is 11.5 Å². The first kappa shape index (κ1) is 37.9. The van der Waals surface area contributed by atoms with Crippen LogP contribution < -0.4 is 14.4 Å². The summed E-state index contributed by atoms with van der Waals surface area (Å²) in [6.45, 7) is -0.740. The molecule has 0 aliphatic heterocycles. The zero-order valence-electron chi connectivity index (χ0n) is 29.1. The molecular formula is C42H41Cl2N3O5S. The lowest BCUT2D eigenvalue weighted by Gasteiger charge is -2.35. The van der Waals surface area contributed by atoms with E-state index in [0.29, 0.717) is 27.1 Å². The lowest BCUT2D eigenvalue weighted by Crippen LogP contribution is -2.55. The lowest BCUT2D eigenvalue weighted by molar-refractivity contribution is -0.140. The van der Waals surface area contributed by atoms with Gasteiger partial charge < -0.3 is 15.0 Å². The Morgan fingerprint density at radius 1 is 0.717 bits per heavy atom. The molecule has 0 heterocycles. The zero-order chi connectivity index (χ0) is 37.2. The van der Waals surface area contributed by atoms with E-state index in [1.165, 1.54) is 17.0 Å². The molecule has 0 spiro atoms. The van der Waals surface area contributed by atoms with Crippen molar-refractivity contribution in [1.29, 1.82) is 0 Å². The number of hydrogen-bond donors (Lipinski definition) is 1. The van der Waals surface area contributed by atoms with Gasteiger partial charge in [0, 0.05) is 34.6 Å². The Kier molecular flexibility index (Phi) is 12.7. The van der Waals surface area contributed by atoms with Crippen molar-refractivity contribution in [1.82, 2.24) is 10.2 Å². The summed E-state index contributed by atoms with van der Waals surface area (Å²) in [5.41, 5.74) is 1.53. The fraction of sp³-hybridized carbons (Fsp3) is 0.238. The standard InChI is InChI=1S/C42H41Cl2N3O5S/c43-38-22-13-23-39(44)37(38)29-46(40(28-31-14-5-1-6-15-31)42(49)45-32-16-7-2-8-17-32)41(48)30-47(53(50,51)36-20-11-4-12-21-36)33-24-26-35(27-25-33)52-34-18-9-3-10-19-34/h1,3-6,9-15,18-27,32,40H,2,7-8,16-17,28-30H2,(H,45,49)/t40-/m0/s1. The van der Waals surface area contributed by atoms with E-state index in [1.54, 1.807) is 60.7 Å². The molecular weight excluding hydrogens is 729 g/mol. The molecule has 8 nitrogen and oxygen atoms in total. The van der Waals surface area contributed by atoms with Crippen molar-refractivity contribution < 1.29 is 22.7 Å². The fourth-order valence-electron chi connectivity index (χ4n) is 6.51. The Morgan fingerprint density at radius 3 is 1.91 bits per heavy atom. The highest BCUT2D eigenvalue weighted by Crippen LogP contribution is 2.31. The molecule has 0 radical (unpaired) electrons. The summed E-state index contributed by atoms with van der Waals surface area (Å²) >= 11 is 13.3. The number of rotatable bonds is 14. The summed E-state index contributed by atoms with van der Waals surface area (Å²) in [6.07, 6.45) is 5.01. The van der Waals surface area contributed by atoms with E-state index in [-0.39, 0.29) is 35.5 Å². The number of nitrogens with one attached hydrogen (secondary N) is 1. The van der Waals surface area contributed by atoms with E-state index < -0.39 is 28.5 Å². The third-order valence-electron chi connectivity index (χ3n) is 9.33. The van der Waals surface area contributed by atoms with Gasteiger partial charge in [0.2, 0.25) is 11.8 Å². The molecule has 5 aromatic carbocycles. The molecule has 1 fully saturated rings. The topological polar surface area (TPSA) is 96.0 Å². The minimum absolute atomic E-state index is 0.00832. The maximum atomic E-state index is 14.9. The summed E-state index contributed by atoms with van der Waals surface area (Å²) in [5.74, 6) is 0.177. The van der Waals surface area contributed by atoms with Crippen molar-refractivity contribution in [3.8, 4) is 11.5 Å². The van der Waals surface area contributed by atoms with Crippen LogP contribution in [0.15, 0.2) is 138 Å². The number of carbonyl (C=O) groups is 2. The molecule has 5 aromatic rings. The molecule has 0 aromatic heterocycles. The number of anilines is 1. The summed E-state index contributed by atoms with van der Waals surface area (Å²) < 4.78 is 35.8. The van der Waals surface area contributed by atoms with Crippen molar-refractivity contribution in [3.63, 3.8) is 0 Å². The van der Waals surface area contributed by atoms with Crippen LogP contribution in [-0.4, -0.2) is 43.8 Å². The van der Waals surface area contributed by atoms with Gasteiger partial charge >= 0.3 is 0 Å². The second-order valence-electron chi connectivity index (χ2n) is 13.0. The number of amides is 2. The van der Waals surface area contributed by atoms with E-state index >= 15 is 0 Å². The van der Waals surface area contributed by atoms with Gasteiger partial charge in [-0.15, -0.1) is 0 Å². The maximum Gasteiger partial charge on any atom is 0.264 e. The van der Waals surface area contributed by atoms with Gasteiger partial charge in [-0.1, -0.05) is 115 Å². The predicted octanol–water partition coefficient (Wildman–Crippen LogP) is 9.07. The van der Waals surface area contributed by atoms with Crippen LogP contribution in [0, 0.1) is 0 Å². The Balaban J connectivity index is 1.40. The van der Waals surface area contributed by atoms with E-state index in [4.69, 9.17) is 27.9 Å². The number of benzene rings is 5. The van der Waals surface area contributed by atoms with Gasteiger partial charge in [-0.2, -0.15) is 0 Å². The maximum absolute atomic E-state index is 14.9. The normalized spacial score (nSPS) is 13.8. The summed E-state index contributed by atoms with van der Waals surface area (Å²) in [7, 11) is -4.28. The number of nitrogens with zero attached hydrogens (tertiary/aromatic N) is 2. The second-order valence-corrected chi connectivity index (χ2v) is 15.7. The monoisotopic (exact) mass is 769 g/mol. The Hall–Kier alpha value is -4.83. The smallest absolute Gasteiger partial charge is 0.264 e. The molecule has 53 heavy (non-hydrogen) atoms. The molecule has 0 unspecified atom stereocenters. The van der Waals surface area contributed by atoms with E-state index in [9.17, 15) is 18.0 Å². The van der Waals surface area contributed by atoms with E-state index in [2.05, 4.69) is 5.32 Å². The summed E-state index contributed by atoms with van der Waals surface area (Å²) in [6, 6.07) is 37.1. The van der Waals surface area contributed by atoms with Crippen LogP contribution in [0.2, 0.25) is 10.0 Å². The molecule has 1 aliphatic rings. The summed E-state index contributed by atoms with van der Waals surface area (Å²) in [4.78, 5) is 30.7. The lowest BCUT2D eigenvalue weighted by atomic mass is 9.94. The SMILES string of the molecule is O=C(NC1CCCCC1)[C@H](Cc1ccccc1)N(Cc1c(Cl)cccc1Cl)C(=O)CN(c1ccc(Oc2ccccc2)cc1)S(=O)(=O)c1ccccc1. The highest BCUT2D eigenvalue weighted by molar-refractivity contribution is 7.92. The Bertz CT molecular complexity index is 2060. The Labute approximate surface area is 321 Å². The van der Waals surface area contributed by atoms with Crippen molar-refractivity contribution in [2.45, 2.75) is 62.0 Å². The number of carbonyl (C=O) groups excluding carboxylic acids is 2. The molecule has 1 saturated carbocycles. The Morgan fingerprint density at radius 2 is 1.28 bits per heavy atom. The first-order valence-corrected chi connectivity index (χ1v) is 19.9. The van der Waals surface area contributed by atoms with Crippen molar-refractivity contribution in [3.05, 3.63) is 155 Å². The highest BCUT2D eigenvalue weighted by atomic mass is 35.5. The highest BCUT2D eigenvalue weighted by Gasteiger charge is 2.36. The first-order valence-electron chi connectivity index (χ1n) is 17.7. The third kappa shape index (κ3) is 9.79. The summed E-state index contributed by atoms with van der Waals surface area (Å²) in [5, 5.41) is 3.86.